The van der Waals surface area contributed by atoms with Crippen LogP contribution in [0.3, 0.4) is 0 Å². The van der Waals surface area contributed by atoms with Gasteiger partial charge >= 0.3 is 0 Å². The average molecular weight is 343 g/mol. The van der Waals surface area contributed by atoms with Gasteiger partial charge in [0, 0.05) is 17.3 Å². The van der Waals surface area contributed by atoms with E-state index in [9.17, 15) is 4.79 Å². The molecule has 4 rings (SSSR count). The maximum Gasteiger partial charge on any atom is 0.237 e. The number of nitrogens with zero attached hydrogens (tertiary/aromatic N) is 2. The minimum atomic E-state index is -0.0794. The minimum Gasteiger partial charge on any atom is -0.349 e. The zero-order valence-electron chi connectivity index (χ0n) is 12.8. The number of rotatable bonds is 3. The lowest BCUT2D eigenvalue weighted by molar-refractivity contribution is -0.120. The molecule has 23 heavy (non-hydrogen) atoms. The molecule has 0 aliphatic carbocycles. The van der Waals surface area contributed by atoms with Crippen LogP contribution in [0.15, 0.2) is 36.0 Å². The number of aromatic nitrogens is 2. The van der Waals surface area contributed by atoms with Gasteiger partial charge in [-0.05, 0) is 53.8 Å². The second kappa shape index (κ2) is 6.02. The Morgan fingerprint density at radius 3 is 3.30 bits per heavy atom. The summed E-state index contributed by atoms with van der Waals surface area (Å²) in [6.45, 7) is 2.52. The Morgan fingerprint density at radius 1 is 1.48 bits per heavy atom. The minimum absolute atomic E-state index is 0.0794. The molecule has 3 aromatic heterocycles. The number of thioether (sulfide) groups is 1. The molecule has 0 aromatic carbocycles. The fourth-order valence-electron chi connectivity index (χ4n) is 2.86. The van der Waals surface area contributed by atoms with Gasteiger partial charge in [-0.25, -0.2) is 4.98 Å². The van der Waals surface area contributed by atoms with Gasteiger partial charge in [-0.1, -0.05) is 0 Å². The van der Waals surface area contributed by atoms with Gasteiger partial charge in [-0.2, -0.15) is 0 Å². The van der Waals surface area contributed by atoms with Crippen LogP contribution in [0, 0.1) is 6.92 Å². The van der Waals surface area contributed by atoms with E-state index in [1.54, 1.807) is 23.1 Å². The molecule has 0 saturated carbocycles. The van der Waals surface area contributed by atoms with Crippen molar-refractivity contribution in [1.82, 2.24) is 14.7 Å². The van der Waals surface area contributed by atoms with E-state index in [2.05, 4.69) is 28.7 Å². The van der Waals surface area contributed by atoms with Crippen molar-refractivity contribution in [3.8, 4) is 0 Å². The number of pyridine rings is 1. The smallest absolute Gasteiger partial charge is 0.237 e. The first kappa shape index (κ1) is 14.8. The quantitative estimate of drug-likeness (QED) is 0.793. The molecule has 6 heteroatoms. The highest BCUT2D eigenvalue weighted by Crippen LogP contribution is 2.39. The van der Waals surface area contributed by atoms with E-state index in [-0.39, 0.29) is 11.2 Å². The predicted molar refractivity (Wildman–Crippen MR) is 95.0 cm³/mol. The van der Waals surface area contributed by atoms with Crippen LogP contribution in [-0.4, -0.2) is 21.0 Å². The van der Waals surface area contributed by atoms with E-state index in [1.165, 1.54) is 16.0 Å². The number of fused-ring (bicyclic) bond motifs is 2. The maximum atomic E-state index is 12.5. The molecule has 1 atom stereocenters. The van der Waals surface area contributed by atoms with Crippen molar-refractivity contribution in [2.75, 3.05) is 5.75 Å². The van der Waals surface area contributed by atoms with Gasteiger partial charge in [-0.3, -0.25) is 4.79 Å². The number of nitrogens with one attached hydrogen (secondary N) is 1. The van der Waals surface area contributed by atoms with Crippen molar-refractivity contribution in [2.45, 2.75) is 25.1 Å². The van der Waals surface area contributed by atoms with E-state index < -0.39 is 0 Å². The average Bonchev–Trinajstić information content (AvgIpc) is 3.17. The fourth-order valence-corrected chi connectivity index (χ4v) is 5.17. The van der Waals surface area contributed by atoms with Gasteiger partial charge < -0.3 is 9.72 Å². The molecule has 118 valence electrons. The molecular formula is C17H17N3OS2. The van der Waals surface area contributed by atoms with Crippen LogP contribution >= 0.6 is 23.1 Å². The number of thiophene rings is 1. The lowest BCUT2D eigenvalue weighted by Crippen LogP contribution is -2.29. The van der Waals surface area contributed by atoms with Crippen LogP contribution in [0.5, 0.6) is 0 Å². The van der Waals surface area contributed by atoms with Gasteiger partial charge in [0.2, 0.25) is 5.91 Å². The van der Waals surface area contributed by atoms with Crippen molar-refractivity contribution < 1.29 is 4.79 Å². The highest BCUT2D eigenvalue weighted by Gasteiger charge is 2.27. The summed E-state index contributed by atoms with van der Waals surface area (Å²) in [5.41, 5.74) is 4.17. The molecule has 0 bridgehead atoms. The van der Waals surface area contributed by atoms with E-state index in [0.717, 1.165) is 23.5 Å². The standard InChI is InChI=1S/C17H17N3OS2/c1-11-2-5-20-10-12(19-15(20)8-11)9-18-17(21)16-13-3-6-22-14(13)4-7-23-16/h2-3,5-6,8,10,16H,4,7,9H2,1H3,(H,18,21)/t16-/m0/s1. The highest BCUT2D eigenvalue weighted by atomic mass is 32.2. The summed E-state index contributed by atoms with van der Waals surface area (Å²) < 4.78 is 1.99. The van der Waals surface area contributed by atoms with Crippen LogP contribution in [-0.2, 0) is 17.8 Å². The highest BCUT2D eigenvalue weighted by molar-refractivity contribution is 8.00. The Hall–Kier alpha value is -1.79. The summed E-state index contributed by atoms with van der Waals surface area (Å²) in [5.74, 6) is 1.10. The lowest BCUT2D eigenvalue weighted by Gasteiger charge is -2.21. The topological polar surface area (TPSA) is 46.4 Å². The van der Waals surface area contributed by atoms with Gasteiger partial charge in [0.05, 0.1) is 12.2 Å². The van der Waals surface area contributed by atoms with Crippen molar-refractivity contribution in [2.24, 2.45) is 0 Å². The molecule has 3 aromatic rings. The molecule has 1 aliphatic heterocycles. The fraction of sp³-hybridized carbons (Fsp3) is 0.294. The third kappa shape index (κ3) is 2.88. The molecule has 1 aliphatic rings. The van der Waals surface area contributed by atoms with Gasteiger partial charge in [0.1, 0.15) is 10.9 Å². The zero-order valence-corrected chi connectivity index (χ0v) is 14.4. The molecule has 4 heterocycles. The van der Waals surface area contributed by atoms with Crippen molar-refractivity contribution >= 4 is 34.7 Å². The predicted octanol–water partition coefficient (Wildman–Crippen LogP) is 3.35. The first-order valence-corrected chi connectivity index (χ1v) is 9.53. The van der Waals surface area contributed by atoms with E-state index in [4.69, 9.17) is 0 Å². The Balaban J connectivity index is 1.47. The lowest BCUT2D eigenvalue weighted by atomic mass is 10.1. The first-order valence-electron chi connectivity index (χ1n) is 7.60. The monoisotopic (exact) mass is 343 g/mol. The molecule has 0 spiro atoms. The molecule has 0 fully saturated rings. The zero-order chi connectivity index (χ0) is 15.8. The summed E-state index contributed by atoms with van der Waals surface area (Å²) in [5, 5.41) is 5.05. The summed E-state index contributed by atoms with van der Waals surface area (Å²) in [6.07, 6.45) is 5.05. The number of carbonyl (C=O) groups is 1. The summed E-state index contributed by atoms with van der Waals surface area (Å²) in [7, 11) is 0. The molecule has 1 N–H and O–H groups in total. The van der Waals surface area contributed by atoms with Crippen molar-refractivity contribution in [3.63, 3.8) is 0 Å². The SMILES string of the molecule is Cc1ccn2cc(CNC(=O)[C@H]3SCCc4sccc43)nc2c1. The second-order valence-electron chi connectivity index (χ2n) is 5.72. The van der Waals surface area contributed by atoms with Gasteiger partial charge in [0.25, 0.3) is 0 Å². The molecule has 0 unspecified atom stereocenters. The molecule has 1 amide bonds. The summed E-state index contributed by atoms with van der Waals surface area (Å²) >= 11 is 3.49. The number of carbonyl (C=O) groups excluding carboxylic acids is 1. The van der Waals surface area contributed by atoms with E-state index in [0.29, 0.717) is 6.54 Å². The van der Waals surface area contributed by atoms with Crippen LogP contribution in [0.2, 0.25) is 0 Å². The summed E-state index contributed by atoms with van der Waals surface area (Å²) in [4.78, 5) is 18.5. The number of imidazole rings is 1. The van der Waals surface area contributed by atoms with Crippen LogP contribution < -0.4 is 5.32 Å². The van der Waals surface area contributed by atoms with Gasteiger partial charge in [-0.15, -0.1) is 23.1 Å². The maximum absolute atomic E-state index is 12.5. The number of hydrogen-bond acceptors (Lipinski definition) is 4. The molecule has 0 radical (unpaired) electrons. The number of amides is 1. The number of aryl methyl sites for hydroxylation is 2. The largest absolute Gasteiger partial charge is 0.349 e. The Kier molecular flexibility index (Phi) is 3.87. The van der Waals surface area contributed by atoms with Crippen molar-refractivity contribution in [3.05, 3.63) is 57.7 Å². The normalized spacial score (nSPS) is 17.2. The third-order valence-corrected chi connectivity index (χ3v) is 6.26. The molecular weight excluding hydrogens is 326 g/mol. The molecule has 4 nitrogen and oxygen atoms in total. The number of hydrogen-bond donors (Lipinski definition) is 1. The Bertz CT molecular complexity index is 868. The second-order valence-corrected chi connectivity index (χ2v) is 7.93. The van der Waals surface area contributed by atoms with E-state index >= 15 is 0 Å². The van der Waals surface area contributed by atoms with Gasteiger partial charge in [0.15, 0.2) is 0 Å². The third-order valence-electron chi connectivity index (χ3n) is 4.02. The van der Waals surface area contributed by atoms with Crippen LogP contribution in [0.25, 0.3) is 5.65 Å². The Labute approximate surface area is 142 Å². The summed E-state index contributed by atoms with van der Waals surface area (Å²) in [6, 6.07) is 6.18. The van der Waals surface area contributed by atoms with Crippen LogP contribution in [0.1, 0.15) is 26.9 Å². The van der Waals surface area contributed by atoms with Crippen LogP contribution in [0.4, 0.5) is 0 Å². The van der Waals surface area contributed by atoms with Crippen molar-refractivity contribution in [1.29, 1.82) is 0 Å². The molecule has 0 saturated heterocycles. The Morgan fingerprint density at radius 2 is 2.39 bits per heavy atom. The first-order chi connectivity index (χ1) is 11.2. The van der Waals surface area contributed by atoms with E-state index in [1.807, 2.05) is 28.9 Å².